The van der Waals surface area contributed by atoms with Gasteiger partial charge in [-0.25, -0.2) is 0 Å². The summed E-state index contributed by atoms with van der Waals surface area (Å²) in [5.41, 5.74) is 1.46. The van der Waals surface area contributed by atoms with Gasteiger partial charge >= 0.3 is 11.9 Å². The Kier molecular flexibility index (Phi) is 10.9. The molecule has 49 heavy (non-hydrogen) atoms. The first kappa shape index (κ1) is 37.7. The molecule has 10 atom stereocenters. The smallest absolute Gasteiger partial charge is 0.321 e. The molecule has 2 fully saturated rings. The van der Waals surface area contributed by atoms with E-state index in [0.29, 0.717) is 57.8 Å². The van der Waals surface area contributed by atoms with Crippen molar-refractivity contribution in [2.75, 3.05) is 0 Å². The van der Waals surface area contributed by atoms with Gasteiger partial charge in [-0.2, -0.15) is 0 Å². The number of hydrogen-bond acceptors (Lipinski definition) is 8. The summed E-state index contributed by atoms with van der Waals surface area (Å²) in [5.74, 6) is -2.49. The first-order valence-corrected chi connectivity index (χ1v) is 18.6. The van der Waals surface area contributed by atoms with Gasteiger partial charge in [-0.1, -0.05) is 53.9 Å². The Balaban J connectivity index is 1.71. The molecule has 5 aliphatic rings. The van der Waals surface area contributed by atoms with Crippen LogP contribution in [0.5, 0.6) is 0 Å². The van der Waals surface area contributed by atoms with Gasteiger partial charge in [0, 0.05) is 31.1 Å². The van der Waals surface area contributed by atoms with Gasteiger partial charge in [0.05, 0.1) is 23.4 Å². The number of carbonyl (C=O) groups is 3. The highest BCUT2D eigenvalue weighted by atomic mass is 16.6. The van der Waals surface area contributed by atoms with Gasteiger partial charge in [0.25, 0.3) is 0 Å². The number of esters is 2. The lowest BCUT2D eigenvalue weighted by Gasteiger charge is -2.47. The van der Waals surface area contributed by atoms with Crippen molar-refractivity contribution in [3.63, 3.8) is 0 Å². The fourth-order valence-electron chi connectivity index (χ4n) is 9.70. The number of aliphatic hydroxyl groups is 2. The minimum Gasteiger partial charge on any atom is -0.462 e. The van der Waals surface area contributed by atoms with Crippen LogP contribution in [-0.4, -0.2) is 63.6 Å². The SMILES string of the molecule is CC(=O)OC1C/C(C)=C/CC/C(C)=C/C(=O)[C@@]23C(=O)O[C@H]([C@@H]1C(C)C)[C@@H]2CC(C)=C1CC[C@](C)(O)[C@H]2CC[C@@](C)(O)[C@H](CC/C(C)=C/[C@@H]13)O2. The molecule has 272 valence electrons. The van der Waals surface area contributed by atoms with Crippen molar-refractivity contribution < 1.29 is 38.8 Å². The van der Waals surface area contributed by atoms with Crippen molar-refractivity contribution in [1.82, 2.24) is 0 Å². The molecular weight excluding hydrogens is 620 g/mol. The van der Waals surface area contributed by atoms with Crippen LogP contribution >= 0.6 is 0 Å². The predicted molar refractivity (Wildman–Crippen MR) is 188 cm³/mol. The van der Waals surface area contributed by atoms with Gasteiger partial charge in [-0.3, -0.25) is 14.4 Å². The van der Waals surface area contributed by atoms with Crippen LogP contribution in [0.15, 0.2) is 46.1 Å². The molecule has 0 aromatic carbocycles. The highest BCUT2D eigenvalue weighted by molar-refractivity contribution is 6.12. The van der Waals surface area contributed by atoms with E-state index in [1.165, 1.54) is 6.92 Å². The van der Waals surface area contributed by atoms with Crippen molar-refractivity contribution in [2.45, 2.75) is 162 Å². The molecule has 2 N–H and O–H groups in total. The molecule has 3 heterocycles. The molecule has 2 aliphatic carbocycles. The second kappa shape index (κ2) is 14.2. The minimum absolute atomic E-state index is 0.00942. The highest BCUT2D eigenvalue weighted by Crippen LogP contribution is 2.60. The van der Waals surface area contributed by atoms with Crippen molar-refractivity contribution in [2.24, 2.45) is 29.1 Å². The molecule has 2 saturated heterocycles. The van der Waals surface area contributed by atoms with E-state index in [1.54, 1.807) is 6.08 Å². The number of fused-ring (bicyclic) bond motifs is 3. The lowest BCUT2D eigenvalue weighted by molar-refractivity contribution is -0.216. The Morgan fingerprint density at radius 2 is 1.59 bits per heavy atom. The van der Waals surface area contributed by atoms with Crippen LogP contribution in [0.3, 0.4) is 0 Å². The fourth-order valence-corrected chi connectivity index (χ4v) is 9.70. The average molecular weight is 681 g/mol. The zero-order chi connectivity index (χ0) is 36.1. The normalized spacial score (nSPS) is 44.1. The Morgan fingerprint density at radius 1 is 0.918 bits per heavy atom. The number of allylic oxidation sites excluding steroid dienone is 7. The summed E-state index contributed by atoms with van der Waals surface area (Å²) in [7, 11) is 0. The van der Waals surface area contributed by atoms with Crippen LogP contribution < -0.4 is 0 Å². The molecule has 3 aliphatic heterocycles. The van der Waals surface area contributed by atoms with Crippen molar-refractivity contribution in [3.05, 3.63) is 46.1 Å². The Labute approximate surface area is 293 Å². The maximum Gasteiger partial charge on any atom is 0.321 e. The Morgan fingerprint density at radius 3 is 2.27 bits per heavy atom. The van der Waals surface area contributed by atoms with Gasteiger partial charge < -0.3 is 24.4 Å². The molecule has 1 unspecified atom stereocenters. The molecule has 8 nitrogen and oxygen atoms in total. The lowest BCUT2D eigenvalue weighted by atomic mass is 9.53. The summed E-state index contributed by atoms with van der Waals surface area (Å²) >= 11 is 0. The molecular formula is C41H60O8. The van der Waals surface area contributed by atoms with E-state index >= 15 is 4.79 Å². The van der Waals surface area contributed by atoms with Gasteiger partial charge in [0.15, 0.2) is 5.78 Å². The summed E-state index contributed by atoms with van der Waals surface area (Å²) in [6.45, 7) is 17.3. The molecule has 0 saturated carbocycles. The molecule has 0 aromatic heterocycles. The predicted octanol–water partition coefficient (Wildman–Crippen LogP) is 7.27. The molecule has 4 bridgehead atoms. The zero-order valence-corrected chi connectivity index (χ0v) is 31.3. The van der Waals surface area contributed by atoms with Crippen LogP contribution in [0.4, 0.5) is 0 Å². The molecule has 5 rings (SSSR count). The lowest BCUT2D eigenvalue weighted by Crippen LogP contribution is -2.55. The van der Waals surface area contributed by atoms with Crippen LogP contribution in [0, 0.1) is 29.1 Å². The number of hydrogen-bond donors (Lipinski definition) is 2. The zero-order valence-electron chi connectivity index (χ0n) is 31.3. The summed E-state index contributed by atoms with van der Waals surface area (Å²) in [6.07, 6.45) is 9.47. The van der Waals surface area contributed by atoms with E-state index < -0.39 is 58.8 Å². The van der Waals surface area contributed by atoms with Crippen molar-refractivity contribution >= 4 is 17.7 Å². The van der Waals surface area contributed by atoms with Crippen molar-refractivity contribution in [3.8, 4) is 0 Å². The largest absolute Gasteiger partial charge is 0.462 e. The standard InChI is InChI=1S/C41H60O8/c1-23(2)36-32(47-28(7)42)20-24(3)11-10-12-25(4)21-33(43)41-30-19-26(5)13-14-34-40(9,46)18-16-35(48-34)39(8,45)17-15-29(30)27(6)22-31(41)37(36)49-38(41)44/h11,19,21,23,30-32,34-37,45-46H,10,12-18,20,22H2,1-9H3/b24-11+,25-21+,26-19+/t30-,31-,32?,34-,35+,36+,37-,39-,40+,41-/m0/s1. The van der Waals surface area contributed by atoms with Gasteiger partial charge in [-0.05, 0) is 111 Å². The van der Waals surface area contributed by atoms with E-state index in [0.717, 1.165) is 34.3 Å². The van der Waals surface area contributed by atoms with Gasteiger partial charge in [0.1, 0.15) is 17.6 Å². The Bertz CT molecular complexity index is 1440. The van der Waals surface area contributed by atoms with Crippen LogP contribution in [0.25, 0.3) is 0 Å². The second-order valence-electron chi connectivity index (χ2n) is 16.9. The monoisotopic (exact) mass is 680 g/mol. The maximum absolute atomic E-state index is 15.0. The van der Waals surface area contributed by atoms with E-state index in [9.17, 15) is 19.8 Å². The summed E-state index contributed by atoms with van der Waals surface area (Å²) in [5, 5.41) is 23.1. The van der Waals surface area contributed by atoms with E-state index in [2.05, 4.69) is 32.9 Å². The molecule has 0 spiro atoms. The van der Waals surface area contributed by atoms with E-state index in [4.69, 9.17) is 14.2 Å². The van der Waals surface area contributed by atoms with Gasteiger partial charge in [0.2, 0.25) is 0 Å². The third-order valence-corrected chi connectivity index (χ3v) is 12.5. The summed E-state index contributed by atoms with van der Waals surface area (Å²) in [4.78, 5) is 42.4. The van der Waals surface area contributed by atoms with Crippen LogP contribution in [0.2, 0.25) is 0 Å². The molecule has 0 amide bonds. The molecule has 8 heteroatoms. The molecule has 0 radical (unpaired) electrons. The fraction of sp³-hybridized carbons (Fsp3) is 0.732. The number of carbonyl (C=O) groups excluding carboxylic acids is 3. The average Bonchev–Trinajstić information content (AvgIpc) is 3.26. The second-order valence-corrected chi connectivity index (χ2v) is 16.9. The summed E-state index contributed by atoms with van der Waals surface area (Å²) < 4.78 is 19.0. The van der Waals surface area contributed by atoms with E-state index in [-0.39, 0.29) is 23.6 Å². The third kappa shape index (κ3) is 7.30. The van der Waals surface area contributed by atoms with Crippen molar-refractivity contribution in [1.29, 1.82) is 0 Å². The third-order valence-electron chi connectivity index (χ3n) is 12.5. The Hall–Kier alpha value is -2.55. The number of ether oxygens (including phenoxy) is 3. The first-order chi connectivity index (χ1) is 22.9. The maximum atomic E-state index is 15.0. The van der Waals surface area contributed by atoms with E-state index in [1.807, 2.05) is 34.6 Å². The minimum atomic E-state index is -1.50. The first-order valence-electron chi connectivity index (χ1n) is 18.6. The summed E-state index contributed by atoms with van der Waals surface area (Å²) in [6, 6.07) is 0. The van der Waals surface area contributed by atoms with Crippen LogP contribution in [0.1, 0.15) is 127 Å². The topological polar surface area (TPSA) is 119 Å². The number of ketones is 1. The number of rotatable bonds is 2. The molecule has 0 aromatic rings. The highest BCUT2D eigenvalue weighted by Gasteiger charge is 2.68. The quantitative estimate of drug-likeness (QED) is 0.178. The van der Waals surface area contributed by atoms with Gasteiger partial charge in [-0.15, -0.1) is 0 Å². The van der Waals surface area contributed by atoms with Crippen LogP contribution in [-0.2, 0) is 28.6 Å².